The predicted octanol–water partition coefficient (Wildman–Crippen LogP) is 6.88. The number of allylic oxidation sites excluding steroid dienone is 3. The van der Waals surface area contributed by atoms with Gasteiger partial charge in [0.1, 0.15) is 0 Å². The third-order valence-corrected chi connectivity index (χ3v) is 5.13. The molecule has 0 fully saturated rings. The molecule has 1 amide bonds. The highest BCUT2D eigenvalue weighted by molar-refractivity contribution is 5.77. The van der Waals surface area contributed by atoms with Crippen LogP contribution in [0.2, 0.25) is 0 Å². The largest absolute Gasteiger partial charge is 0.361 e. The number of dihydropyridines is 1. The van der Waals surface area contributed by atoms with Gasteiger partial charge in [-0.15, -0.1) is 0 Å². The van der Waals surface area contributed by atoms with Crippen molar-refractivity contribution in [3.63, 3.8) is 0 Å². The zero-order valence-corrected chi connectivity index (χ0v) is 17.6. The van der Waals surface area contributed by atoms with E-state index in [1.165, 1.54) is 89.9 Å². The van der Waals surface area contributed by atoms with E-state index in [1.807, 2.05) is 24.4 Å². The van der Waals surface area contributed by atoms with Crippen LogP contribution in [0.1, 0.15) is 110 Å². The lowest BCUT2D eigenvalue weighted by Gasteiger charge is -2.06. The van der Waals surface area contributed by atoms with Crippen molar-refractivity contribution in [3.05, 3.63) is 36.3 Å². The second-order valence-corrected chi connectivity index (χ2v) is 7.73. The Labute approximate surface area is 167 Å². The number of rotatable bonds is 17. The van der Waals surface area contributed by atoms with Crippen molar-refractivity contribution in [1.82, 2.24) is 10.6 Å². The van der Waals surface area contributed by atoms with Gasteiger partial charge in [-0.05, 0) is 18.6 Å². The first-order chi connectivity index (χ1) is 13.3. The van der Waals surface area contributed by atoms with Crippen LogP contribution in [-0.4, -0.2) is 5.91 Å². The summed E-state index contributed by atoms with van der Waals surface area (Å²) in [5.41, 5.74) is 0.919. The molecule has 0 radical (unpaired) electrons. The lowest BCUT2D eigenvalue weighted by Crippen LogP contribution is -2.19. The Hall–Kier alpha value is -1.51. The van der Waals surface area contributed by atoms with Crippen molar-refractivity contribution in [3.8, 4) is 0 Å². The van der Waals surface area contributed by atoms with Crippen LogP contribution in [-0.2, 0) is 4.79 Å². The van der Waals surface area contributed by atoms with Crippen LogP contribution in [0.25, 0.3) is 0 Å². The average molecular weight is 375 g/mol. The summed E-state index contributed by atoms with van der Waals surface area (Å²) in [4.78, 5) is 11.8. The Bertz CT molecular complexity index is 451. The molecule has 27 heavy (non-hydrogen) atoms. The van der Waals surface area contributed by atoms with E-state index in [0.29, 0.717) is 6.42 Å². The molecule has 0 aliphatic carbocycles. The lowest BCUT2D eigenvalue weighted by molar-refractivity contribution is -0.120. The van der Waals surface area contributed by atoms with E-state index in [1.54, 1.807) is 6.20 Å². The Balaban J connectivity index is 1.78. The van der Waals surface area contributed by atoms with Crippen LogP contribution in [0.4, 0.5) is 0 Å². The number of carbonyl (C=O) groups excluding carboxylic acids is 1. The standard InChI is InChI=1S/C24H42N2O/c1-2-3-4-5-6-7-8-9-10-11-12-13-14-15-16-20-24(27)26-22-23-19-17-18-21-25-23/h17-19,21-22,25H,2-16,20H2,1H3,(H,26,27). The van der Waals surface area contributed by atoms with Crippen LogP contribution in [0, 0.1) is 0 Å². The summed E-state index contributed by atoms with van der Waals surface area (Å²) in [7, 11) is 0. The third-order valence-electron chi connectivity index (χ3n) is 5.13. The molecule has 3 nitrogen and oxygen atoms in total. The molecular formula is C24H42N2O. The minimum absolute atomic E-state index is 0.113. The predicted molar refractivity (Wildman–Crippen MR) is 117 cm³/mol. The Morgan fingerprint density at radius 3 is 1.81 bits per heavy atom. The fraction of sp³-hybridized carbons (Fsp3) is 0.708. The number of carbonyl (C=O) groups is 1. The number of hydrogen-bond donors (Lipinski definition) is 2. The topological polar surface area (TPSA) is 41.1 Å². The van der Waals surface area contributed by atoms with Crippen LogP contribution in [0.15, 0.2) is 36.3 Å². The highest BCUT2D eigenvalue weighted by atomic mass is 16.1. The van der Waals surface area contributed by atoms with Crippen LogP contribution in [0.3, 0.4) is 0 Å². The van der Waals surface area contributed by atoms with Gasteiger partial charge in [0.25, 0.3) is 0 Å². The van der Waals surface area contributed by atoms with Crippen molar-refractivity contribution in [1.29, 1.82) is 0 Å². The summed E-state index contributed by atoms with van der Waals surface area (Å²) in [5, 5.41) is 5.93. The molecule has 0 spiro atoms. The molecule has 0 atom stereocenters. The number of nitrogens with one attached hydrogen (secondary N) is 2. The van der Waals surface area contributed by atoms with Gasteiger partial charge < -0.3 is 10.6 Å². The molecule has 3 heteroatoms. The Morgan fingerprint density at radius 2 is 1.33 bits per heavy atom. The number of unbranched alkanes of at least 4 members (excludes halogenated alkanes) is 14. The van der Waals surface area contributed by atoms with Gasteiger partial charge in [-0.2, -0.15) is 0 Å². The average Bonchev–Trinajstić information content (AvgIpc) is 2.70. The van der Waals surface area contributed by atoms with Gasteiger partial charge >= 0.3 is 0 Å². The summed E-state index contributed by atoms with van der Waals surface area (Å²) in [6, 6.07) is 0. The number of amides is 1. The van der Waals surface area contributed by atoms with Gasteiger partial charge in [0.2, 0.25) is 5.91 Å². The molecule has 154 valence electrons. The maximum Gasteiger partial charge on any atom is 0.223 e. The molecule has 0 saturated carbocycles. The first-order valence-corrected chi connectivity index (χ1v) is 11.4. The normalized spacial score (nSPS) is 14.5. The maximum atomic E-state index is 11.8. The Kier molecular flexibility index (Phi) is 15.6. The SMILES string of the molecule is CCCCCCCCCCCCCCCCCC(=O)NC=C1C=CC=CN1. The van der Waals surface area contributed by atoms with E-state index < -0.39 is 0 Å². The van der Waals surface area contributed by atoms with E-state index in [9.17, 15) is 4.79 Å². The second kappa shape index (κ2) is 17.9. The first-order valence-electron chi connectivity index (χ1n) is 11.4. The first kappa shape index (κ1) is 23.5. The highest BCUT2D eigenvalue weighted by Gasteiger charge is 2.00. The van der Waals surface area contributed by atoms with Gasteiger partial charge in [-0.1, -0.05) is 103 Å². The summed E-state index contributed by atoms with van der Waals surface area (Å²) >= 11 is 0. The fourth-order valence-electron chi connectivity index (χ4n) is 3.38. The van der Waals surface area contributed by atoms with Gasteiger partial charge in [-0.3, -0.25) is 4.79 Å². The molecule has 0 aromatic carbocycles. The molecule has 1 aliphatic rings. The van der Waals surface area contributed by atoms with Crippen LogP contribution in [0.5, 0.6) is 0 Å². The lowest BCUT2D eigenvalue weighted by atomic mass is 10.0. The summed E-state index contributed by atoms with van der Waals surface area (Å²) in [6.07, 6.45) is 30.3. The van der Waals surface area contributed by atoms with E-state index in [2.05, 4.69) is 17.6 Å². The van der Waals surface area contributed by atoms with Gasteiger partial charge in [-0.25, -0.2) is 0 Å². The highest BCUT2D eigenvalue weighted by Crippen LogP contribution is 2.13. The zero-order chi connectivity index (χ0) is 19.4. The molecule has 0 bridgehead atoms. The van der Waals surface area contributed by atoms with Crippen molar-refractivity contribution < 1.29 is 4.79 Å². The Morgan fingerprint density at radius 1 is 0.815 bits per heavy atom. The molecule has 2 N–H and O–H groups in total. The van der Waals surface area contributed by atoms with Gasteiger partial charge in [0.05, 0.1) is 5.70 Å². The zero-order valence-electron chi connectivity index (χ0n) is 17.6. The smallest absolute Gasteiger partial charge is 0.223 e. The minimum Gasteiger partial charge on any atom is -0.361 e. The van der Waals surface area contributed by atoms with Crippen molar-refractivity contribution in [2.24, 2.45) is 0 Å². The van der Waals surface area contributed by atoms with E-state index in [0.717, 1.165) is 12.1 Å². The second-order valence-electron chi connectivity index (χ2n) is 7.73. The van der Waals surface area contributed by atoms with Crippen molar-refractivity contribution in [2.75, 3.05) is 0 Å². The molecule has 0 saturated heterocycles. The quantitative estimate of drug-likeness (QED) is 0.272. The van der Waals surface area contributed by atoms with E-state index in [4.69, 9.17) is 0 Å². The molecule has 1 rings (SSSR count). The maximum absolute atomic E-state index is 11.8. The van der Waals surface area contributed by atoms with E-state index in [-0.39, 0.29) is 5.91 Å². The molecule has 1 heterocycles. The third kappa shape index (κ3) is 15.3. The summed E-state index contributed by atoms with van der Waals surface area (Å²) in [6.45, 7) is 2.28. The van der Waals surface area contributed by atoms with Crippen molar-refractivity contribution >= 4 is 5.91 Å². The number of hydrogen-bond acceptors (Lipinski definition) is 2. The van der Waals surface area contributed by atoms with Gasteiger partial charge in [0.15, 0.2) is 0 Å². The van der Waals surface area contributed by atoms with Gasteiger partial charge in [0, 0.05) is 18.8 Å². The fourth-order valence-corrected chi connectivity index (χ4v) is 3.38. The van der Waals surface area contributed by atoms with Crippen molar-refractivity contribution in [2.45, 2.75) is 110 Å². The summed E-state index contributed by atoms with van der Waals surface area (Å²) < 4.78 is 0. The molecule has 1 aliphatic heterocycles. The minimum atomic E-state index is 0.113. The molecule has 0 aromatic rings. The summed E-state index contributed by atoms with van der Waals surface area (Å²) in [5.74, 6) is 0.113. The van der Waals surface area contributed by atoms with Crippen LogP contribution >= 0.6 is 0 Å². The van der Waals surface area contributed by atoms with E-state index >= 15 is 0 Å². The molecule has 0 unspecified atom stereocenters. The molecular weight excluding hydrogens is 332 g/mol. The molecule has 0 aromatic heterocycles. The van der Waals surface area contributed by atoms with Crippen LogP contribution < -0.4 is 10.6 Å². The monoisotopic (exact) mass is 374 g/mol.